The summed E-state index contributed by atoms with van der Waals surface area (Å²) >= 11 is 3.43. The maximum Gasteiger partial charge on any atom is 0.224 e. The molecular weight excluding hydrogens is 489 g/mol. The highest BCUT2D eigenvalue weighted by Gasteiger charge is 2.77. The number of nitrogens with two attached hydrogens (primary N) is 1. The van der Waals surface area contributed by atoms with E-state index in [-0.39, 0.29) is 0 Å². The Bertz CT molecular complexity index is 1280. The highest BCUT2D eigenvalue weighted by molar-refractivity contribution is 9.10. The number of carbonyl (C=O) groups is 1. The molecular formula is C26H23BrFNO4. The number of aryl methyl sites for hydroxylation is 2. The molecule has 0 spiro atoms. The number of carbonyl (C=O) groups excluding carboxylic acids is 1. The van der Waals surface area contributed by atoms with Crippen molar-refractivity contribution in [1.29, 1.82) is 0 Å². The maximum absolute atomic E-state index is 14.4. The Morgan fingerprint density at radius 3 is 2.45 bits per heavy atom. The fourth-order valence-corrected chi connectivity index (χ4v) is 6.18. The topological polar surface area (TPSA) is 92.8 Å². The molecule has 5 rings (SSSR count). The lowest BCUT2D eigenvalue weighted by Gasteiger charge is -2.41. The zero-order valence-electron chi connectivity index (χ0n) is 18.0. The van der Waals surface area contributed by atoms with Crippen molar-refractivity contribution in [2.75, 3.05) is 0 Å². The third-order valence-corrected chi connectivity index (χ3v) is 7.57. The predicted octanol–water partition coefficient (Wildman–Crippen LogP) is 3.94. The Morgan fingerprint density at radius 1 is 1.12 bits per heavy atom. The van der Waals surface area contributed by atoms with E-state index in [0.717, 1.165) is 10.0 Å². The van der Waals surface area contributed by atoms with Gasteiger partial charge in [-0.3, -0.25) is 4.79 Å². The van der Waals surface area contributed by atoms with Gasteiger partial charge in [0, 0.05) is 16.0 Å². The van der Waals surface area contributed by atoms with Crippen LogP contribution in [-0.2, 0) is 16.0 Å². The second-order valence-electron chi connectivity index (χ2n) is 8.97. The normalized spacial score (nSPS) is 29.9. The molecule has 0 bridgehead atoms. The molecule has 5 atom stereocenters. The molecule has 4 N–H and O–H groups in total. The second-order valence-corrected chi connectivity index (χ2v) is 9.89. The molecule has 0 radical (unpaired) electrons. The first kappa shape index (κ1) is 22.1. The van der Waals surface area contributed by atoms with Crippen molar-refractivity contribution < 1.29 is 24.1 Å². The SMILES string of the molecule is Cc1cc(C)c2c(c1)O[C@@]1(c3ccc(Br)cc3)[C@H](c3cccc(F)c3)[C@@H](C(N)=O)[C@@H](O)[C@@]21O. The van der Waals surface area contributed by atoms with Crippen LogP contribution in [0.25, 0.3) is 0 Å². The van der Waals surface area contributed by atoms with Crippen LogP contribution in [0.3, 0.4) is 0 Å². The number of benzene rings is 3. The van der Waals surface area contributed by atoms with Gasteiger partial charge in [-0.25, -0.2) is 4.39 Å². The molecule has 7 heteroatoms. The molecule has 170 valence electrons. The van der Waals surface area contributed by atoms with E-state index in [0.29, 0.717) is 28.0 Å². The zero-order chi connectivity index (χ0) is 23.7. The van der Waals surface area contributed by atoms with Gasteiger partial charge in [0.15, 0.2) is 11.2 Å². The fourth-order valence-electron chi connectivity index (χ4n) is 5.92. The zero-order valence-corrected chi connectivity index (χ0v) is 19.6. The van der Waals surface area contributed by atoms with Gasteiger partial charge in [0.05, 0.1) is 5.92 Å². The van der Waals surface area contributed by atoms with E-state index >= 15 is 0 Å². The average Bonchev–Trinajstić information content (AvgIpc) is 3.11. The van der Waals surface area contributed by atoms with Crippen LogP contribution in [0.5, 0.6) is 5.75 Å². The molecule has 5 nitrogen and oxygen atoms in total. The van der Waals surface area contributed by atoms with Crippen molar-refractivity contribution in [2.24, 2.45) is 11.7 Å². The van der Waals surface area contributed by atoms with Gasteiger partial charge in [-0.15, -0.1) is 0 Å². The Hall–Kier alpha value is -2.74. The number of fused-ring (bicyclic) bond motifs is 3. The third-order valence-electron chi connectivity index (χ3n) is 7.04. The van der Waals surface area contributed by atoms with Crippen molar-refractivity contribution in [3.63, 3.8) is 0 Å². The summed E-state index contributed by atoms with van der Waals surface area (Å²) < 4.78 is 21.8. The summed E-state index contributed by atoms with van der Waals surface area (Å²) in [7, 11) is 0. The summed E-state index contributed by atoms with van der Waals surface area (Å²) in [6.07, 6.45) is -1.59. The second kappa shape index (κ2) is 7.38. The molecule has 0 unspecified atom stereocenters. The minimum atomic E-state index is -2.01. The number of hydrogen-bond acceptors (Lipinski definition) is 4. The van der Waals surface area contributed by atoms with Gasteiger partial charge in [-0.05, 0) is 66.4 Å². The molecule has 1 aliphatic heterocycles. The van der Waals surface area contributed by atoms with Crippen molar-refractivity contribution in [3.8, 4) is 5.75 Å². The van der Waals surface area contributed by atoms with E-state index in [2.05, 4.69) is 15.9 Å². The Morgan fingerprint density at radius 2 is 1.82 bits per heavy atom. The summed E-state index contributed by atoms with van der Waals surface area (Å²) in [6, 6.07) is 16.6. The quantitative estimate of drug-likeness (QED) is 0.496. The first-order valence-electron chi connectivity index (χ1n) is 10.6. The van der Waals surface area contributed by atoms with Gasteiger partial charge in [0.25, 0.3) is 0 Å². The molecule has 1 saturated carbocycles. The molecule has 3 aromatic carbocycles. The maximum atomic E-state index is 14.4. The minimum Gasteiger partial charge on any atom is -0.478 e. The summed E-state index contributed by atoms with van der Waals surface area (Å²) in [5, 5.41) is 24.0. The van der Waals surface area contributed by atoms with E-state index in [1.165, 1.54) is 18.2 Å². The van der Waals surface area contributed by atoms with Crippen LogP contribution in [0.1, 0.15) is 33.7 Å². The van der Waals surface area contributed by atoms with Crippen LogP contribution in [0.15, 0.2) is 65.1 Å². The van der Waals surface area contributed by atoms with Gasteiger partial charge < -0.3 is 20.7 Å². The van der Waals surface area contributed by atoms with Crippen molar-refractivity contribution in [2.45, 2.75) is 37.1 Å². The van der Waals surface area contributed by atoms with Gasteiger partial charge in [0.1, 0.15) is 17.7 Å². The first-order chi connectivity index (χ1) is 15.6. The van der Waals surface area contributed by atoms with Crippen LogP contribution in [-0.4, -0.2) is 22.2 Å². The van der Waals surface area contributed by atoms with E-state index in [9.17, 15) is 19.4 Å². The van der Waals surface area contributed by atoms with Crippen LogP contribution in [0.4, 0.5) is 4.39 Å². The lowest BCUT2D eigenvalue weighted by Crippen LogP contribution is -2.52. The van der Waals surface area contributed by atoms with Crippen molar-refractivity contribution in [3.05, 3.63) is 98.8 Å². The van der Waals surface area contributed by atoms with Gasteiger partial charge in [0.2, 0.25) is 5.91 Å². The molecule has 1 heterocycles. The highest BCUT2D eigenvalue weighted by Crippen LogP contribution is 2.69. The number of amides is 1. The molecule has 0 aromatic heterocycles. The number of aliphatic hydroxyl groups is 2. The van der Waals surface area contributed by atoms with E-state index in [1.807, 2.05) is 19.9 Å². The molecule has 3 aromatic rings. The Balaban J connectivity index is 1.90. The van der Waals surface area contributed by atoms with Crippen molar-refractivity contribution >= 4 is 21.8 Å². The monoisotopic (exact) mass is 511 g/mol. The lowest BCUT2D eigenvalue weighted by molar-refractivity contribution is -0.153. The smallest absolute Gasteiger partial charge is 0.224 e. The number of halogens is 2. The predicted molar refractivity (Wildman–Crippen MR) is 124 cm³/mol. The number of primary amides is 1. The van der Waals surface area contributed by atoms with Gasteiger partial charge >= 0.3 is 0 Å². The van der Waals surface area contributed by atoms with Gasteiger partial charge in [-0.2, -0.15) is 0 Å². The average molecular weight is 512 g/mol. The third kappa shape index (κ3) is 2.86. The summed E-state index contributed by atoms with van der Waals surface area (Å²) in [4.78, 5) is 12.7. The molecule has 1 amide bonds. The summed E-state index contributed by atoms with van der Waals surface area (Å²) in [6.45, 7) is 3.74. The minimum absolute atomic E-state index is 0.402. The molecule has 1 aliphatic carbocycles. The first-order valence-corrected chi connectivity index (χ1v) is 11.4. The number of aliphatic hydroxyl groups excluding tert-OH is 1. The van der Waals surface area contributed by atoms with Gasteiger partial charge in [-0.1, -0.05) is 46.3 Å². The lowest BCUT2D eigenvalue weighted by atomic mass is 9.70. The molecule has 0 saturated heterocycles. The molecule has 2 aliphatic rings. The Labute approximate surface area is 199 Å². The molecule has 33 heavy (non-hydrogen) atoms. The number of ether oxygens (including phenoxy) is 1. The van der Waals surface area contributed by atoms with E-state index in [4.69, 9.17) is 10.5 Å². The van der Waals surface area contributed by atoms with Crippen LogP contribution in [0.2, 0.25) is 0 Å². The molecule has 1 fully saturated rings. The van der Waals surface area contributed by atoms with Crippen LogP contribution < -0.4 is 10.5 Å². The fraction of sp³-hybridized carbons (Fsp3) is 0.269. The largest absolute Gasteiger partial charge is 0.478 e. The summed E-state index contributed by atoms with van der Waals surface area (Å²) in [5.41, 5.74) is 5.15. The van der Waals surface area contributed by atoms with Crippen LogP contribution in [0, 0.1) is 25.6 Å². The highest BCUT2D eigenvalue weighted by atomic mass is 79.9. The number of hydrogen-bond donors (Lipinski definition) is 3. The Kier molecular flexibility index (Phi) is 4.94. The van der Waals surface area contributed by atoms with E-state index in [1.54, 1.807) is 36.4 Å². The number of rotatable bonds is 3. The standard InChI is InChI=1S/C26H23BrFNO4/c1-13-10-14(2)21-19(11-13)33-26(16-6-8-17(27)9-7-16)22(15-4-3-5-18(28)12-15)20(24(29)31)23(30)25(21,26)32/h3-12,20,22-23,30,32H,1-2H3,(H2,29,31)/t20-,22-,23-,25+,26+/m1/s1. The van der Waals surface area contributed by atoms with E-state index < -0.39 is 40.9 Å². The van der Waals surface area contributed by atoms with Crippen molar-refractivity contribution in [1.82, 2.24) is 0 Å². The van der Waals surface area contributed by atoms with Crippen LogP contribution >= 0.6 is 15.9 Å². The summed E-state index contributed by atoms with van der Waals surface area (Å²) in [5.74, 6) is -3.07.